The molecular weight excluding hydrogens is 164 g/mol. The molecule has 0 spiro atoms. The number of aryl methyl sites for hydroxylation is 1. The monoisotopic (exact) mass is 180 g/mol. The molecule has 0 amide bonds. The molecule has 1 fully saturated rings. The Labute approximate surface area is 78.6 Å². The molecule has 0 bridgehead atoms. The van der Waals surface area contributed by atoms with Crippen molar-refractivity contribution in [3.63, 3.8) is 0 Å². The number of aromatic nitrogens is 2. The number of imidazole rings is 1. The fourth-order valence-electron chi connectivity index (χ4n) is 1.64. The molecule has 1 aromatic rings. The largest absolute Gasteiger partial charge is 0.340 e. The molecule has 1 N–H and O–H groups in total. The van der Waals surface area contributed by atoms with Crippen LogP contribution in [0.4, 0.5) is 0 Å². The summed E-state index contributed by atoms with van der Waals surface area (Å²) < 4.78 is 1.98. The summed E-state index contributed by atoms with van der Waals surface area (Å²) in [6.07, 6.45) is 3.89. The zero-order valence-corrected chi connectivity index (χ0v) is 8.20. The van der Waals surface area contributed by atoms with E-state index in [2.05, 4.69) is 28.4 Å². The molecule has 4 heteroatoms. The van der Waals surface area contributed by atoms with Crippen LogP contribution in [-0.2, 0) is 13.6 Å². The Morgan fingerprint density at radius 3 is 2.85 bits per heavy atom. The highest BCUT2D eigenvalue weighted by molar-refractivity contribution is 4.97. The van der Waals surface area contributed by atoms with Crippen LogP contribution in [0.1, 0.15) is 5.69 Å². The predicted octanol–water partition coefficient (Wildman–Crippen LogP) is -0.176. The highest BCUT2D eigenvalue weighted by Gasteiger charge is 2.22. The topological polar surface area (TPSA) is 33.1 Å². The molecule has 0 saturated carbocycles. The lowest BCUT2D eigenvalue weighted by molar-refractivity contribution is 0.160. The molecule has 2 heterocycles. The lowest BCUT2D eigenvalue weighted by Crippen LogP contribution is -2.55. The number of nitrogens with zero attached hydrogens (tertiary/aromatic N) is 3. The van der Waals surface area contributed by atoms with Crippen LogP contribution in [0.5, 0.6) is 0 Å². The summed E-state index contributed by atoms with van der Waals surface area (Å²) in [6, 6.07) is 0.659. The second-order valence-electron chi connectivity index (χ2n) is 3.83. The first-order valence-corrected chi connectivity index (χ1v) is 4.63. The Morgan fingerprint density at radius 1 is 1.54 bits per heavy atom. The molecule has 0 aliphatic carbocycles. The van der Waals surface area contributed by atoms with Crippen molar-refractivity contribution in [2.75, 3.05) is 20.1 Å². The number of likely N-dealkylation sites (N-methyl/N-ethyl adjacent to an activating group) is 1. The van der Waals surface area contributed by atoms with Crippen LogP contribution < -0.4 is 5.32 Å². The molecular formula is C9H16N4. The quantitative estimate of drug-likeness (QED) is 0.700. The summed E-state index contributed by atoms with van der Waals surface area (Å²) in [6.45, 7) is 3.21. The fourth-order valence-corrected chi connectivity index (χ4v) is 1.64. The summed E-state index contributed by atoms with van der Waals surface area (Å²) in [5, 5.41) is 3.46. The van der Waals surface area contributed by atoms with Gasteiger partial charge in [0, 0.05) is 38.9 Å². The second kappa shape index (κ2) is 3.47. The van der Waals surface area contributed by atoms with Gasteiger partial charge in [0.15, 0.2) is 0 Å². The summed E-state index contributed by atoms with van der Waals surface area (Å²) in [5.41, 5.74) is 1.12. The van der Waals surface area contributed by atoms with Crippen molar-refractivity contribution < 1.29 is 0 Å². The van der Waals surface area contributed by atoms with Crippen LogP contribution in [0, 0.1) is 0 Å². The standard InChI is InChI=1S/C9H16N4/c1-12-5-9(6-12)10-3-8-4-13(2)7-11-8/h4,7,9-10H,3,5-6H2,1-2H3. The van der Waals surface area contributed by atoms with E-state index in [-0.39, 0.29) is 0 Å². The van der Waals surface area contributed by atoms with E-state index in [1.807, 2.05) is 17.9 Å². The first-order chi connectivity index (χ1) is 6.24. The van der Waals surface area contributed by atoms with Crippen LogP contribution >= 0.6 is 0 Å². The summed E-state index contributed by atoms with van der Waals surface area (Å²) in [7, 11) is 4.13. The van der Waals surface area contributed by atoms with Gasteiger partial charge in [-0.05, 0) is 7.05 Å². The molecule has 1 aromatic heterocycles. The Balaban J connectivity index is 1.74. The van der Waals surface area contributed by atoms with Crippen molar-refractivity contribution in [2.45, 2.75) is 12.6 Å². The van der Waals surface area contributed by atoms with Crippen LogP contribution in [0.2, 0.25) is 0 Å². The van der Waals surface area contributed by atoms with E-state index >= 15 is 0 Å². The Hall–Kier alpha value is -0.870. The average Bonchev–Trinajstić information content (AvgIpc) is 2.43. The van der Waals surface area contributed by atoms with Gasteiger partial charge >= 0.3 is 0 Å². The smallest absolute Gasteiger partial charge is 0.0947 e. The van der Waals surface area contributed by atoms with E-state index in [0.717, 1.165) is 25.3 Å². The third-order valence-electron chi connectivity index (χ3n) is 2.39. The Kier molecular flexibility index (Phi) is 2.33. The van der Waals surface area contributed by atoms with E-state index in [1.165, 1.54) is 0 Å². The van der Waals surface area contributed by atoms with Gasteiger partial charge in [0.2, 0.25) is 0 Å². The molecule has 0 unspecified atom stereocenters. The molecule has 13 heavy (non-hydrogen) atoms. The number of hydrogen-bond acceptors (Lipinski definition) is 3. The number of likely N-dealkylation sites (tertiary alicyclic amines) is 1. The minimum atomic E-state index is 0.659. The van der Waals surface area contributed by atoms with Gasteiger partial charge in [-0.3, -0.25) is 0 Å². The van der Waals surface area contributed by atoms with E-state index in [9.17, 15) is 0 Å². The number of nitrogens with one attached hydrogen (secondary N) is 1. The van der Waals surface area contributed by atoms with Gasteiger partial charge in [0.25, 0.3) is 0 Å². The van der Waals surface area contributed by atoms with E-state index in [0.29, 0.717) is 6.04 Å². The van der Waals surface area contributed by atoms with E-state index < -0.39 is 0 Å². The van der Waals surface area contributed by atoms with Gasteiger partial charge in [-0.15, -0.1) is 0 Å². The zero-order valence-electron chi connectivity index (χ0n) is 8.20. The zero-order chi connectivity index (χ0) is 9.26. The number of rotatable bonds is 3. The molecule has 1 aliphatic rings. The van der Waals surface area contributed by atoms with Gasteiger partial charge in [-0.1, -0.05) is 0 Å². The van der Waals surface area contributed by atoms with Crippen molar-refractivity contribution in [2.24, 2.45) is 7.05 Å². The minimum Gasteiger partial charge on any atom is -0.340 e. The highest BCUT2D eigenvalue weighted by atomic mass is 15.2. The molecule has 0 radical (unpaired) electrons. The van der Waals surface area contributed by atoms with E-state index in [1.54, 1.807) is 0 Å². The molecule has 0 atom stereocenters. The molecule has 4 nitrogen and oxygen atoms in total. The normalized spacial score (nSPS) is 18.9. The molecule has 2 rings (SSSR count). The van der Waals surface area contributed by atoms with Crippen molar-refractivity contribution >= 4 is 0 Å². The first kappa shape index (κ1) is 8.72. The van der Waals surface area contributed by atoms with Crippen molar-refractivity contribution in [1.82, 2.24) is 19.8 Å². The van der Waals surface area contributed by atoms with Gasteiger partial charge in [0.1, 0.15) is 0 Å². The van der Waals surface area contributed by atoms with Gasteiger partial charge in [0.05, 0.1) is 12.0 Å². The van der Waals surface area contributed by atoms with Crippen LogP contribution in [0.15, 0.2) is 12.5 Å². The Bertz CT molecular complexity index is 275. The van der Waals surface area contributed by atoms with Crippen molar-refractivity contribution in [3.05, 3.63) is 18.2 Å². The van der Waals surface area contributed by atoms with Gasteiger partial charge in [-0.25, -0.2) is 4.98 Å². The van der Waals surface area contributed by atoms with Crippen LogP contribution in [-0.4, -0.2) is 40.6 Å². The Morgan fingerprint density at radius 2 is 2.31 bits per heavy atom. The van der Waals surface area contributed by atoms with E-state index in [4.69, 9.17) is 0 Å². The lowest BCUT2D eigenvalue weighted by Gasteiger charge is -2.36. The number of hydrogen-bond donors (Lipinski definition) is 1. The SMILES string of the molecule is CN1CC(NCc2cn(C)cn2)C1. The summed E-state index contributed by atoms with van der Waals surface area (Å²) in [5.74, 6) is 0. The van der Waals surface area contributed by atoms with Gasteiger partial charge < -0.3 is 14.8 Å². The molecule has 1 saturated heterocycles. The van der Waals surface area contributed by atoms with Crippen LogP contribution in [0.25, 0.3) is 0 Å². The maximum atomic E-state index is 4.25. The summed E-state index contributed by atoms with van der Waals surface area (Å²) in [4.78, 5) is 6.55. The van der Waals surface area contributed by atoms with Gasteiger partial charge in [-0.2, -0.15) is 0 Å². The van der Waals surface area contributed by atoms with Crippen LogP contribution in [0.3, 0.4) is 0 Å². The highest BCUT2D eigenvalue weighted by Crippen LogP contribution is 2.04. The minimum absolute atomic E-state index is 0.659. The molecule has 0 aromatic carbocycles. The lowest BCUT2D eigenvalue weighted by atomic mass is 10.1. The third-order valence-corrected chi connectivity index (χ3v) is 2.39. The maximum Gasteiger partial charge on any atom is 0.0947 e. The maximum absolute atomic E-state index is 4.25. The molecule has 72 valence electrons. The second-order valence-corrected chi connectivity index (χ2v) is 3.83. The summed E-state index contributed by atoms with van der Waals surface area (Å²) >= 11 is 0. The predicted molar refractivity (Wildman–Crippen MR) is 51.3 cm³/mol. The third kappa shape index (κ3) is 2.08. The average molecular weight is 180 g/mol. The first-order valence-electron chi connectivity index (χ1n) is 4.63. The van der Waals surface area contributed by atoms with Crippen molar-refractivity contribution in [3.8, 4) is 0 Å². The fraction of sp³-hybridized carbons (Fsp3) is 0.667. The van der Waals surface area contributed by atoms with Crippen molar-refractivity contribution in [1.29, 1.82) is 0 Å². The molecule has 1 aliphatic heterocycles.